The van der Waals surface area contributed by atoms with Crippen LogP contribution in [0.4, 0.5) is 34.1 Å². The number of benzene rings is 11. The Kier molecular flexibility index (Phi) is 8.53. The second-order valence-electron chi connectivity index (χ2n) is 18.4. The first kappa shape index (κ1) is 38.7. The van der Waals surface area contributed by atoms with E-state index in [2.05, 4.69) is 242 Å². The number of para-hydroxylation sites is 4. The summed E-state index contributed by atoms with van der Waals surface area (Å²) in [6.45, 7) is 4.77. The van der Waals surface area contributed by atoms with E-state index in [-0.39, 0.29) is 5.41 Å². The van der Waals surface area contributed by atoms with Gasteiger partial charge in [-0.05, 0) is 162 Å². The molecule has 0 atom stereocenters. The highest BCUT2D eigenvalue weighted by Crippen LogP contribution is 2.56. The highest BCUT2D eigenvalue weighted by Gasteiger charge is 2.36. The van der Waals surface area contributed by atoms with E-state index in [1.54, 1.807) is 0 Å². The molecule has 0 aromatic heterocycles. The summed E-state index contributed by atoms with van der Waals surface area (Å²) in [5.41, 5.74) is 17.3. The van der Waals surface area contributed by atoms with Crippen LogP contribution in [-0.4, -0.2) is 0 Å². The number of fused-ring (bicyclic) bond motifs is 10. The number of anilines is 6. The molecule has 11 aromatic carbocycles. The fourth-order valence-electron chi connectivity index (χ4n) is 11.3. The van der Waals surface area contributed by atoms with Crippen molar-refractivity contribution in [3.05, 3.63) is 230 Å². The SMILES string of the molecule is CC1(C)c2ccccc2-c2ccc(-c3c4ccc(N5c6ccccc6Sc6ccccc65)cc4c(-c4ccc5ccccc5c4)c4cc(N5c6ccccc6Sc6ccccc65)ccc34)cc21. The maximum absolute atomic E-state index is 2.50. The molecule has 0 N–H and O–H groups in total. The number of hydrogen-bond acceptors (Lipinski definition) is 4. The van der Waals surface area contributed by atoms with E-state index in [0.29, 0.717) is 0 Å². The number of hydrogen-bond donors (Lipinski definition) is 0. The third-order valence-corrected chi connectivity index (χ3v) is 16.6. The van der Waals surface area contributed by atoms with E-state index in [9.17, 15) is 0 Å². The Morgan fingerprint density at radius 3 is 1.33 bits per heavy atom. The van der Waals surface area contributed by atoms with E-state index in [1.807, 2.05) is 23.5 Å². The predicted octanol–water partition coefficient (Wildman–Crippen LogP) is 18.7. The third-order valence-electron chi connectivity index (χ3n) is 14.4. The lowest BCUT2D eigenvalue weighted by Crippen LogP contribution is -2.15. The molecule has 14 rings (SSSR count). The van der Waals surface area contributed by atoms with Gasteiger partial charge in [-0.15, -0.1) is 0 Å². The minimum atomic E-state index is -0.140. The van der Waals surface area contributed by atoms with E-state index < -0.39 is 0 Å². The van der Waals surface area contributed by atoms with Crippen LogP contribution in [0.5, 0.6) is 0 Å². The van der Waals surface area contributed by atoms with Gasteiger partial charge in [-0.3, -0.25) is 0 Å². The van der Waals surface area contributed by atoms with Crippen molar-refractivity contribution in [1.82, 2.24) is 0 Å². The minimum absolute atomic E-state index is 0.140. The summed E-state index contributed by atoms with van der Waals surface area (Å²) >= 11 is 3.70. The second kappa shape index (κ2) is 14.8. The summed E-state index contributed by atoms with van der Waals surface area (Å²) < 4.78 is 0. The molecule has 316 valence electrons. The van der Waals surface area contributed by atoms with Crippen LogP contribution in [0, 0.1) is 0 Å². The van der Waals surface area contributed by atoms with E-state index in [1.165, 1.54) is 119 Å². The Balaban J connectivity index is 1.11. The molecule has 0 amide bonds. The Morgan fingerprint density at radius 1 is 0.328 bits per heavy atom. The van der Waals surface area contributed by atoms with Gasteiger partial charge >= 0.3 is 0 Å². The monoisotopic (exact) mass is 890 g/mol. The average molecular weight is 891 g/mol. The number of rotatable bonds is 4. The predicted molar refractivity (Wildman–Crippen MR) is 285 cm³/mol. The molecule has 0 saturated heterocycles. The van der Waals surface area contributed by atoms with Crippen molar-refractivity contribution in [3.63, 3.8) is 0 Å². The van der Waals surface area contributed by atoms with Crippen LogP contribution in [0.25, 0.3) is 65.7 Å². The van der Waals surface area contributed by atoms with Gasteiger partial charge in [0.1, 0.15) is 0 Å². The second-order valence-corrected chi connectivity index (χ2v) is 20.6. The van der Waals surface area contributed by atoms with Gasteiger partial charge in [0.25, 0.3) is 0 Å². The van der Waals surface area contributed by atoms with Crippen molar-refractivity contribution < 1.29 is 0 Å². The molecule has 1 aliphatic carbocycles. The van der Waals surface area contributed by atoms with Gasteiger partial charge < -0.3 is 9.80 Å². The summed E-state index contributed by atoms with van der Waals surface area (Å²) in [6.07, 6.45) is 0. The molecule has 0 spiro atoms. The topological polar surface area (TPSA) is 6.48 Å². The Bertz CT molecular complexity index is 3640. The normalized spacial score (nSPS) is 14.1. The van der Waals surface area contributed by atoms with Crippen molar-refractivity contribution in [2.24, 2.45) is 0 Å². The fourth-order valence-corrected chi connectivity index (χ4v) is 13.4. The molecule has 0 fully saturated rings. The van der Waals surface area contributed by atoms with Crippen LogP contribution in [0.2, 0.25) is 0 Å². The van der Waals surface area contributed by atoms with Crippen LogP contribution in [0.3, 0.4) is 0 Å². The lowest BCUT2D eigenvalue weighted by atomic mass is 9.80. The zero-order valence-electron chi connectivity index (χ0n) is 37.0. The molecule has 0 bridgehead atoms. The van der Waals surface area contributed by atoms with Crippen molar-refractivity contribution >= 4 is 90.0 Å². The van der Waals surface area contributed by atoms with Gasteiger partial charge in [-0.25, -0.2) is 0 Å². The van der Waals surface area contributed by atoms with Crippen molar-refractivity contribution in [2.75, 3.05) is 9.80 Å². The standard InChI is InChI=1S/C63H42N2S2/c1-63(2)51-18-6-5-17-45(51)46-32-29-42(36-52(46)63)61-47-33-30-43(64-53-19-7-11-23-57(53)66-58-24-12-8-20-54(58)64)37-49(47)62(41-28-27-39-15-3-4-16-40(39)35-41)50-38-44(31-34-48(50)61)65-55-21-9-13-25-59(55)67-60-26-14-10-22-56(60)65/h3-38H,1-2H3. The summed E-state index contributed by atoms with van der Waals surface area (Å²) in [6, 6.07) is 81.9. The molecule has 67 heavy (non-hydrogen) atoms. The van der Waals surface area contributed by atoms with Gasteiger partial charge in [0.05, 0.1) is 22.7 Å². The summed E-state index contributed by atoms with van der Waals surface area (Å²) in [5.74, 6) is 0. The van der Waals surface area contributed by atoms with Crippen LogP contribution >= 0.6 is 23.5 Å². The first-order valence-corrected chi connectivity index (χ1v) is 24.7. The molecule has 0 radical (unpaired) electrons. The molecule has 0 unspecified atom stereocenters. The Hall–Kier alpha value is -7.50. The fraction of sp³-hybridized carbons (Fsp3) is 0.0476. The lowest BCUT2D eigenvalue weighted by molar-refractivity contribution is 0.660. The lowest BCUT2D eigenvalue weighted by Gasteiger charge is -2.34. The molecular weight excluding hydrogens is 849 g/mol. The van der Waals surface area contributed by atoms with Crippen LogP contribution in [0.1, 0.15) is 25.0 Å². The molecule has 3 aliphatic rings. The van der Waals surface area contributed by atoms with Crippen molar-refractivity contribution in [1.29, 1.82) is 0 Å². The first-order chi connectivity index (χ1) is 33.0. The molecule has 4 heteroatoms. The van der Waals surface area contributed by atoms with E-state index in [4.69, 9.17) is 0 Å². The van der Waals surface area contributed by atoms with Crippen LogP contribution in [0.15, 0.2) is 238 Å². The van der Waals surface area contributed by atoms with Crippen molar-refractivity contribution in [3.8, 4) is 33.4 Å². The third kappa shape index (κ3) is 5.86. The molecule has 11 aromatic rings. The largest absolute Gasteiger partial charge is 0.308 e. The van der Waals surface area contributed by atoms with Gasteiger partial charge in [0.15, 0.2) is 0 Å². The molecule has 0 saturated carbocycles. The van der Waals surface area contributed by atoms with E-state index in [0.717, 1.165) is 11.4 Å². The van der Waals surface area contributed by atoms with Gasteiger partial charge in [-0.2, -0.15) is 0 Å². The molecule has 2 nitrogen and oxygen atoms in total. The summed E-state index contributed by atoms with van der Waals surface area (Å²) in [7, 11) is 0. The summed E-state index contributed by atoms with van der Waals surface area (Å²) in [4.78, 5) is 9.95. The van der Waals surface area contributed by atoms with E-state index >= 15 is 0 Å². The first-order valence-electron chi connectivity index (χ1n) is 23.1. The quantitative estimate of drug-likeness (QED) is 0.162. The zero-order valence-corrected chi connectivity index (χ0v) is 38.6. The van der Waals surface area contributed by atoms with Crippen LogP contribution in [-0.2, 0) is 5.41 Å². The Morgan fingerprint density at radius 2 is 0.761 bits per heavy atom. The molecular formula is C63H42N2S2. The van der Waals surface area contributed by atoms with Gasteiger partial charge in [-0.1, -0.05) is 171 Å². The average Bonchev–Trinajstić information content (AvgIpc) is 3.60. The maximum Gasteiger partial charge on any atom is 0.0601 e. The van der Waals surface area contributed by atoms with Gasteiger partial charge in [0, 0.05) is 36.4 Å². The Labute approximate surface area is 399 Å². The molecule has 2 heterocycles. The van der Waals surface area contributed by atoms with Gasteiger partial charge in [0.2, 0.25) is 0 Å². The zero-order chi connectivity index (χ0) is 44.4. The summed E-state index contributed by atoms with van der Waals surface area (Å²) in [5, 5.41) is 7.37. The molecule has 2 aliphatic heterocycles. The minimum Gasteiger partial charge on any atom is -0.308 e. The maximum atomic E-state index is 2.50. The highest BCUT2D eigenvalue weighted by atomic mass is 32.2. The van der Waals surface area contributed by atoms with Crippen LogP contribution < -0.4 is 9.80 Å². The smallest absolute Gasteiger partial charge is 0.0601 e. The number of nitrogens with zero attached hydrogens (tertiary/aromatic N) is 2. The highest BCUT2D eigenvalue weighted by molar-refractivity contribution is 8.00. The van der Waals surface area contributed by atoms with Crippen molar-refractivity contribution in [2.45, 2.75) is 38.8 Å².